The zero-order chi connectivity index (χ0) is 23.6. The second-order valence-corrected chi connectivity index (χ2v) is 10.0. The maximum absolute atomic E-state index is 13.2. The third kappa shape index (κ3) is 5.53. The van der Waals surface area contributed by atoms with Gasteiger partial charge in [0.1, 0.15) is 23.4 Å². The molecule has 1 saturated carbocycles. The second-order valence-electron chi connectivity index (χ2n) is 9.61. The Labute approximate surface area is 198 Å². The molecule has 0 aliphatic heterocycles. The molecule has 2 aromatic heterocycles. The summed E-state index contributed by atoms with van der Waals surface area (Å²) in [6.07, 6.45) is 7.30. The van der Waals surface area contributed by atoms with Crippen molar-refractivity contribution in [3.8, 4) is 0 Å². The first kappa shape index (κ1) is 23.2. The van der Waals surface area contributed by atoms with Crippen molar-refractivity contribution in [2.75, 3.05) is 5.32 Å². The third-order valence-electron chi connectivity index (χ3n) is 5.90. The number of nitrogens with one attached hydrogen (secondary N) is 2. The van der Waals surface area contributed by atoms with E-state index in [1.165, 1.54) is 6.33 Å². The van der Waals surface area contributed by atoms with Crippen LogP contribution in [-0.4, -0.2) is 38.3 Å². The highest BCUT2D eigenvalue weighted by atomic mass is 35.5. The largest absolute Gasteiger partial charge is 0.460 e. The number of H-pyrrole nitrogens is 1. The molecule has 0 unspecified atom stereocenters. The zero-order valence-electron chi connectivity index (χ0n) is 19.2. The average molecular weight is 469 g/mol. The van der Waals surface area contributed by atoms with E-state index in [0.29, 0.717) is 45.3 Å². The molecule has 8 heteroatoms. The van der Waals surface area contributed by atoms with E-state index < -0.39 is 5.60 Å². The normalized spacial score (nSPS) is 18.8. The molecule has 2 N–H and O–H groups in total. The predicted octanol–water partition coefficient (Wildman–Crippen LogP) is 5.54. The minimum Gasteiger partial charge on any atom is -0.460 e. The van der Waals surface area contributed by atoms with E-state index in [9.17, 15) is 9.59 Å². The van der Waals surface area contributed by atoms with Crippen molar-refractivity contribution in [1.29, 1.82) is 0 Å². The number of anilines is 1. The lowest BCUT2D eigenvalue weighted by atomic mass is 9.84. The summed E-state index contributed by atoms with van der Waals surface area (Å²) >= 11 is 6.26. The van der Waals surface area contributed by atoms with Crippen molar-refractivity contribution < 1.29 is 14.3 Å². The number of ether oxygens (including phenoxy) is 1. The van der Waals surface area contributed by atoms with Gasteiger partial charge in [-0.05, 0) is 64.5 Å². The lowest BCUT2D eigenvalue weighted by molar-refractivity contribution is -0.156. The summed E-state index contributed by atoms with van der Waals surface area (Å²) in [5.74, 6) is 0.650. The number of hydrogen-bond donors (Lipinski definition) is 2. The number of nitrogens with zero attached hydrogens (tertiary/aromatic N) is 2. The Kier molecular flexibility index (Phi) is 6.70. The van der Waals surface area contributed by atoms with E-state index >= 15 is 0 Å². The maximum Gasteiger partial charge on any atom is 0.306 e. The fourth-order valence-corrected chi connectivity index (χ4v) is 4.59. The van der Waals surface area contributed by atoms with Gasteiger partial charge in [-0.3, -0.25) is 9.59 Å². The topological polar surface area (TPSA) is 97.0 Å². The van der Waals surface area contributed by atoms with Crippen LogP contribution in [0, 0.1) is 5.92 Å². The first-order valence-electron chi connectivity index (χ1n) is 11.3. The monoisotopic (exact) mass is 468 g/mol. The van der Waals surface area contributed by atoms with Crippen molar-refractivity contribution in [2.45, 2.75) is 64.5 Å². The molecule has 2 heterocycles. The molecule has 4 rings (SSSR count). The van der Waals surface area contributed by atoms with Crippen molar-refractivity contribution in [2.24, 2.45) is 5.92 Å². The molecule has 174 valence electrons. The number of benzene rings is 1. The van der Waals surface area contributed by atoms with Gasteiger partial charge >= 0.3 is 5.97 Å². The maximum atomic E-state index is 13.2. The highest BCUT2D eigenvalue weighted by Crippen LogP contribution is 2.32. The van der Waals surface area contributed by atoms with Gasteiger partial charge in [0, 0.05) is 24.2 Å². The number of ketones is 1. The van der Waals surface area contributed by atoms with Crippen LogP contribution in [0.2, 0.25) is 5.02 Å². The number of esters is 1. The van der Waals surface area contributed by atoms with E-state index in [1.54, 1.807) is 30.5 Å². The summed E-state index contributed by atoms with van der Waals surface area (Å²) in [5, 5.41) is 4.58. The summed E-state index contributed by atoms with van der Waals surface area (Å²) in [6.45, 7) is 5.67. The lowest BCUT2D eigenvalue weighted by Gasteiger charge is -2.30. The van der Waals surface area contributed by atoms with Gasteiger partial charge in [0.15, 0.2) is 5.78 Å². The summed E-state index contributed by atoms with van der Waals surface area (Å²) in [6, 6.07) is 7.21. The van der Waals surface area contributed by atoms with E-state index in [1.807, 2.05) is 20.8 Å². The van der Waals surface area contributed by atoms with Crippen molar-refractivity contribution >= 4 is 40.2 Å². The summed E-state index contributed by atoms with van der Waals surface area (Å²) in [7, 11) is 0. The summed E-state index contributed by atoms with van der Waals surface area (Å²) in [5.41, 5.74) is 1.07. The summed E-state index contributed by atoms with van der Waals surface area (Å²) in [4.78, 5) is 37.2. The number of hydrogen-bond acceptors (Lipinski definition) is 6. The molecule has 0 spiro atoms. The molecule has 0 bridgehead atoms. The highest BCUT2D eigenvalue weighted by Gasteiger charge is 2.27. The van der Waals surface area contributed by atoms with Crippen LogP contribution in [0.15, 0.2) is 36.8 Å². The molecule has 0 atom stereocenters. The van der Waals surface area contributed by atoms with Crippen LogP contribution in [0.3, 0.4) is 0 Å². The number of carbonyl (C=O) groups excluding carboxylic acids is 2. The molecular formula is C25H29ClN4O3. The smallest absolute Gasteiger partial charge is 0.306 e. The van der Waals surface area contributed by atoms with Crippen LogP contribution >= 0.6 is 11.6 Å². The number of carbonyl (C=O) groups is 2. The molecule has 7 nitrogen and oxygen atoms in total. The Bertz CT molecular complexity index is 1160. The quantitative estimate of drug-likeness (QED) is 0.364. The van der Waals surface area contributed by atoms with E-state index in [4.69, 9.17) is 16.3 Å². The fourth-order valence-electron chi connectivity index (χ4n) is 4.36. The third-order valence-corrected chi connectivity index (χ3v) is 6.23. The van der Waals surface area contributed by atoms with Crippen molar-refractivity contribution in [3.63, 3.8) is 0 Å². The number of rotatable bonds is 6. The highest BCUT2D eigenvalue weighted by molar-refractivity contribution is 6.35. The predicted molar refractivity (Wildman–Crippen MR) is 129 cm³/mol. The van der Waals surface area contributed by atoms with Gasteiger partial charge in [-0.2, -0.15) is 0 Å². The van der Waals surface area contributed by atoms with E-state index in [-0.39, 0.29) is 17.8 Å². The summed E-state index contributed by atoms with van der Waals surface area (Å²) < 4.78 is 5.47. The van der Waals surface area contributed by atoms with Gasteiger partial charge < -0.3 is 15.0 Å². The first-order valence-corrected chi connectivity index (χ1v) is 11.7. The molecule has 0 saturated heterocycles. The fraction of sp³-hybridized carbons (Fsp3) is 0.440. The van der Waals surface area contributed by atoms with Gasteiger partial charge in [0.2, 0.25) is 0 Å². The molecule has 1 fully saturated rings. The Morgan fingerprint density at radius 1 is 1.12 bits per heavy atom. The molecule has 1 aromatic carbocycles. The molecule has 0 amide bonds. The number of aromatic nitrogens is 3. The van der Waals surface area contributed by atoms with Crippen LogP contribution in [0.25, 0.3) is 11.0 Å². The molecular weight excluding hydrogens is 440 g/mol. The first-order chi connectivity index (χ1) is 15.7. The number of fused-ring (bicyclic) bond motifs is 1. The molecule has 0 radical (unpaired) electrons. The van der Waals surface area contributed by atoms with Crippen LogP contribution < -0.4 is 5.32 Å². The minimum absolute atomic E-state index is 0.133. The van der Waals surface area contributed by atoms with Crippen molar-refractivity contribution in [3.05, 3.63) is 52.9 Å². The molecule has 1 aliphatic rings. The minimum atomic E-state index is -0.454. The van der Waals surface area contributed by atoms with Crippen LogP contribution in [0.1, 0.15) is 68.8 Å². The number of aromatic amines is 1. The lowest BCUT2D eigenvalue weighted by Crippen LogP contribution is -2.29. The molecule has 1 aliphatic carbocycles. The van der Waals surface area contributed by atoms with Gasteiger partial charge in [-0.15, -0.1) is 0 Å². The van der Waals surface area contributed by atoms with Gasteiger partial charge in [0.25, 0.3) is 0 Å². The van der Waals surface area contributed by atoms with Gasteiger partial charge in [-0.25, -0.2) is 9.97 Å². The van der Waals surface area contributed by atoms with Crippen LogP contribution in [0.4, 0.5) is 5.82 Å². The molecule has 33 heavy (non-hydrogen) atoms. The van der Waals surface area contributed by atoms with Gasteiger partial charge in [-0.1, -0.05) is 23.7 Å². The van der Waals surface area contributed by atoms with E-state index in [0.717, 1.165) is 25.7 Å². The number of halogens is 1. The Morgan fingerprint density at radius 3 is 2.55 bits per heavy atom. The van der Waals surface area contributed by atoms with Gasteiger partial charge in [0.05, 0.1) is 16.0 Å². The van der Waals surface area contributed by atoms with Crippen LogP contribution in [0.5, 0.6) is 0 Å². The zero-order valence-corrected chi connectivity index (χ0v) is 19.9. The van der Waals surface area contributed by atoms with E-state index in [2.05, 4.69) is 20.3 Å². The Balaban J connectivity index is 1.46. The van der Waals surface area contributed by atoms with Crippen molar-refractivity contribution in [1.82, 2.24) is 15.0 Å². The SMILES string of the molecule is CC(C)(C)OC(=O)CC1CCC(Nc2ncnc3[nH]cc(C(=O)c4ccccc4Cl)c23)CC1. The average Bonchev–Trinajstić information content (AvgIpc) is 3.19. The van der Waals surface area contributed by atoms with Crippen LogP contribution in [-0.2, 0) is 9.53 Å². The second kappa shape index (κ2) is 9.51. The molecule has 3 aromatic rings. The Morgan fingerprint density at radius 2 is 1.85 bits per heavy atom. The Hall–Kier alpha value is -2.93. The standard InChI is InChI=1S/C25H29ClN4O3/c1-25(2,3)33-20(31)12-15-8-10-16(11-9-15)30-24-21-18(13-27-23(21)28-14-29-24)22(32)17-6-4-5-7-19(17)26/h4-7,13-16H,8-12H2,1-3H3,(H2,27,28,29,30).